The van der Waals surface area contributed by atoms with Gasteiger partial charge in [-0.2, -0.15) is 0 Å². The van der Waals surface area contributed by atoms with Crippen LogP contribution in [0.25, 0.3) is 6.08 Å². The van der Waals surface area contributed by atoms with Crippen molar-refractivity contribution < 1.29 is 19.0 Å². The predicted octanol–water partition coefficient (Wildman–Crippen LogP) is 4.32. The number of rotatable bonds is 4. The molecule has 2 rings (SSSR count). The molecule has 0 saturated heterocycles. The zero-order chi connectivity index (χ0) is 14.5. The lowest BCUT2D eigenvalue weighted by Crippen LogP contribution is -1.93. The van der Waals surface area contributed by atoms with Gasteiger partial charge in [-0.3, -0.25) is 0 Å². The second-order valence-corrected chi connectivity index (χ2v) is 5.13. The van der Waals surface area contributed by atoms with Crippen LogP contribution in [0.15, 0.2) is 48.5 Å². The molecule has 0 fully saturated rings. The van der Waals surface area contributed by atoms with Crippen LogP contribution >= 0.6 is 22.6 Å². The van der Waals surface area contributed by atoms with Crippen LogP contribution in [0.2, 0.25) is 0 Å². The summed E-state index contributed by atoms with van der Waals surface area (Å²) in [5.74, 6) is -0.851. The average Bonchev–Trinajstić information content (AvgIpc) is 2.38. The maximum atomic E-state index is 13.8. The van der Waals surface area contributed by atoms with E-state index in [1.54, 1.807) is 18.2 Å². The van der Waals surface area contributed by atoms with E-state index in [1.165, 1.54) is 18.2 Å². The van der Waals surface area contributed by atoms with E-state index in [0.717, 1.165) is 9.65 Å². The molecule has 0 unspecified atom stereocenters. The molecule has 0 aliphatic carbocycles. The summed E-state index contributed by atoms with van der Waals surface area (Å²) in [6.07, 6.45) is 2.06. The molecule has 0 aliphatic heterocycles. The van der Waals surface area contributed by atoms with Crippen LogP contribution in [0.3, 0.4) is 0 Å². The fraction of sp³-hybridized carbons (Fsp3) is 0. The van der Waals surface area contributed by atoms with Gasteiger partial charge in [0, 0.05) is 9.65 Å². The van der Waals surface area contributed by atoms with Crippen molar-refractivity contribution in [2.75, 3.05) is 0 Å². The van der Waals surface area contributed by atoms with Crippen molar-refractivity contribution in [2.45, 2.75) is 0 Å². The van der Waals surface area contributed by atoms with E-state index in [-0.39, 0.29) is 11.3 Å². The van der Waals surface area contributed by atoms with E-state index < -0.39 is 11.8 Å². The number of halogens is 2. The minimum absolute atomic E-state index is 0.105. The summed E-state index contributed by atoms with van der Waals surface area (Å²) >= 11 is 2.14. The number of carboxylic acid groups (broad SMARTS) is 1. The third-order valence-electron chi connectivity index (χ3n) is 2.43. The lowest BCUT2D eigenvalue weighted by atomic mass is 10.1. The van der Waals surface area contributed by atoms with Crippen molar-refractivity contribution in [3.05, 3.63) is 63.5 Å². The van der Waals surface area contributed by atoms with Gasteiger partial charge >= 0.3 is 5.97 Å². The molecular formula is C15H10FIO3. The first kappa shape index (κ1) is 14.5. The molecule has 0 aromatic heterocycles. The Morgan fingerprint density at radius 1 is 1.25 bits per heavy atom. The maximum Gasteiger partial charge on any atom is 0.328 e. The highest BCUT2D eigenvalue weighted by Gasteiger charge is 2.08. The third-order valence-corrected chi connectivity index (χ3v) is 3.10. The molecule has 0 aliphatic rings. The zero-order valence-electron chi connectivity index (χ0n) is 10.2. The van der Waals surface area contributed by atoms with Gasteiger partial charge in [0.15, 0.2) is 0 Å². The van der Waals surface area contributed by atoms with Gasteiger partial charge in [-0.05, 0) is 59.0 Å². The summed E-state index contributed by atoms with van der Waals surface area (Å²) in [7, 11) is 0. The lowest BCUT2D eigenvalue weighted by molar-refractivity contribution is -0.131. The van der Waals surface area contributed by atoms with E-state index in [1.807, 2.05) is 12.1 Å². The first-order valence-corrected chi connectivity index (χ1v) is 6.77. The molecule has 3 nitrogen and oxygen atoms in total. The van der Waals surface area contributed by atoms with E-state index >= 15 is 0 Å². The van der Waals surface area contributed by atoms with Crippen LogP contribution in [0.5, 0.6) is 11.5 Å². The monoisotopic (exact) mass is 384 g/mol. The number of hydrogen-bond acceptors (Lipinski definition) is 2. The summed E-state index contributed by atoms with van der Waals surface area (Å²) in [6.45, 7) is 0. The molecule has 0 amide bonds. The van der Waals surface area contributed by atoms with Crippen molar-refractivity contribution in [1.82, 2.24) is 0 Å². The van der Waals surface area contributed by atoms with Gasteiger partial charge in [0.2, 0.25) is 0 Å². The van der Waals surface area contributed by atoms with Crippen LogP contribution in [-0.2, 0) is 4.79 Å². The number of carboxylic acids is 1. The second kappa shape index (κ2) is 6.51. The molecule has 2 aromatic carbocycles. The van der Waals surface area contributed by atoms with Gasteiger partial charge in [-0.1, -0.05) is 12.1 Å². The summed E-state index contributed by atoms with van der Waals surface area (Å²) in [6, 6.07) is 11.6. The van der Waals surface area contributed by atoms with E-state index in [2.05, 4.69) is 22.6 Å². The topological polar surface area (TPSA) is 46.5 Å². The Morgan fingerprint density at radius 2 is 2.00 bits per heavy atom. The minimum Gasteiger partial charge on any atom is -0.478 e. The summed E-state index contributed by atoms with van der Waals surface area (Å²) in [5.41, 5.74) is 0.105. The van der Waals surface area contributed by atoms with Gasteiger partial charge in [-0.15, -0.1) is 0 Å². The highest BCUT2D eigenvalue weighted by atomic mass is 127. The molecule has 0 atom stereocenters. The fourth-order valence-electron chi connectivity index (χ4n) is 1.58. The quantitative estimate of drug-likeness (QED) is 0.631. The van der Waals surface area contributed by atoms with Crippen LogP contribution in [0, 0.1) is 9.39 Å². The van der Waals surface area contributed by atoms with Gasteiger partial charge in [0.1, 0.15) is 17.3 Å². The third kappa shape index (κ3) is 3.80. The van der Waals surface area contributed by atoms with Crippen molar-refractivity contribution in [3.8, 4) is 11.5 Å². The minimum atomic E-state index is -1.14. The predicted molar refractivity (Wildman–Crippen MR) is 82.3 cm³/mol. The molecular weight excluding hydrogens is 374 g/mol. The Balaban J connectivity index is 2.36. The van der Waals surface area contributed by atoms with Crippen molar-refractivity contribution in [3.63, 3.8) is 0 Å². The van der Waals surface area contributed by atoms with E-state index in [0.29, 0.717) is 5.75 Å². The molecule has 0 heterocycles. The Bertz CT molecular complexity index is 668. The Morgan fingerprint density at radius 3 is 2.70 bits per heavy atom. The molecule has 0 saturated carbocycles. The SMILES string of the molecule is O=C(O)/C=C/c1c(F)cccc1Oc1cccc(I)c1. The number of ether oxygens (including phenoxy) is 1. The smallest absolute Gasteiger partial charge is 0.328 e. The normalized spacial score (nSPS) is 10.7. The van der Waals surface area contributed by atoms with Crippen LogP contribution in [0.4, 0.5) is 4.39 Å². The van der Waals surface area contributed by atoms with Gasteiger partial charge in [-0.25, -0.2) is 9.18 Å². The van der Waals surface area contributed by atoms with E-state index in [4.69, 9.17) is 9.84 Å². The number of hydrogen-bond donors (Lipinski definition) is 1. The Labute approximate surface area is 128 Å². The summed E-state index contributed by atoms with van der Waals surface area (Å²) in [5, 5.41) is 8.63. The number of aliphatic carboxylic acids is 1. The Kier molecular flexibility index (Phi) is 4.73. The van der Waals surface area contributed by atoms with Crippen molar-refractivity contribution in [2.24, 2.45) is 0 Å². The molecule has 0 radical (unpaired) electrons. The zero-order valence-corrected chi connectivity index (χ0v) is 12.4. The number of benzene rings is 2. The molecule has 20 heavy (non-hydrogen) atoms. The largest absolute Gasteiger partial charge is 0.478 e. The molecule has 1 N–H and O–H groups in total. The highest BCUT2D eigenvalue weighted by Crippen LogP contribution is 2.29. The summed E-state index contributed by atoms with van der Waals surface area (Å²) < 4.78 is 20.4. The second-order valence-electron chi connectivity index (χ2n) is 3.88. The first-order chi connectivity index (χ1) is 9.56. The van der Waals surface area contributed by atoms with Crippen molar-refractivity contribution in [1.29, 1.82) is 0 Å². The molecule has 2 aromatic rings. The maximum absolute atomic E-state index is 13.8. The molecule has 102 valence electrons. The van der Waals surface area contributed by atoms with Gasteiger partial charge in [0.05, 0.1) is 5.56 Å². The summed E-state index contributed by atoms with van der Waals surface area (Å²) in [4.78, 5) is 10.5. The first-order valence-electron chi connectivity index (χ1n) is 5.69. The van der Waals surface area contributed by atoms with Crippen molar-refractivity contribution >= 4 is 34.6 Å². The highest BCUT2D eigenvalue weighted by molar-refractivity contribution is 14.1. The lowest BCUT2D eigenvalue weighted by Gasteiger charge is -2.09. The van der Waals surface area contributed by atoms with Gasteiger partial charge in [0.25, 0.3) is 0 Å². The fourth-order valence-corrected chi connectivity index (χ4v) is 2.09. The molecule has 5 heteroatoms. The standard InChI is InChI=1S/C15H10FIO3/c16-13-5-2-6-14(12(13)7-8-15(18)19)20-11-4-1-3-10(17)9-11/h1-9H,(H,18,19)/b8-7+. The molecule has 0 spiro atoms. The van der Waals surface area contributed by atoms with Crippen LogP contribution in [-0.4, -0.2) is 11.1 Å². The van der Waals surface area contributed by atoms with Crippen LogP contribution in [0.1, 0.15) is 5.56 Å². The number of carbonyl (C=O) groups is 1. The van der Waals surface area contributed by atoms with Gasteiger partial charge < -0.3 is 9.84 Å². The van der Waals surface area contributed by atoms with Crippen LogP contribution < -0.4 is 4.74 Å². The average molecular weight is 384 g/mol. The Hall–Kier alpha value is -1.89. The molecule has 0 bridgehead atoms. The van der Waals surface area contributed by atoms with E-state index in [9.17, 15) is 9.18 Å².